The molecule has 62 valence electrons. The van der Waals surface area contributed by atoms with Gasteiger partial charge < -0.3 is 4.42 Å². The molecule has 12 heavy (non-hydrogen) atoms. The quantitative estimate of drug-likeness (QED) is 0.632. The number of aldehydes is 1. The average Bonchev–Trinajstić information content (AvgIpc) is 2.81. The minimum atomic E-state index is 0.792. The predicted molar refractivity (Wildman–Crippen MR) is 48.4 cm³/mol. The van der Waals surface area contributed by atoms with Crippen molar-refractivity contribution in [2.24, 2.45) is 0 Å². The third-order valence-corrected chi connectivity index (χ3v) is 1.88. The molecule has 0 saturated heterocycles. The smallest absolute Gasteiger partial charge is 0.159 e. The van der Waals surface area contributed by atoms with Crippen molar-refractivity contribution in [2.75, 3.05) is 0 Å². The molecule has 0 N–H and O–H groups in total. The first-order chi connectivity index (χ1) is 5.93. The molecule has 2 nitrogen and oxygen atoms in total. The van der Waals surface area contributed by atoms with Crippen LogP contribution < -0.4 is 0 Å². The SMILES string of the molecule is O=Cc1cccs1.c1ccoc1. The molecule has 0 aromatic carbocycles. The fourth-order valence-electron chi connectivity index (χ4n) is 0.585. The first-order valence-corrected chi connectivity index (χ1v) is 4.27. The van der Waals surface area contributed by atoms with Crippen LogP contribution in [0.2, 0.25) is 0 Å². The molecule has 2 aromatic heterocycles. The molecule has 2 rings (SSSR count). The van der Waals surface area contributed by atoms with E-state index in [4.69, 9.17) is 0 Å². The lowest BCUT2D eigenvalue weighted by Gasteiger charge is -1.66. The summed E-state index contributed by atoms with van der Waals surface area (Å²) in [4.78, 5) is 10.7. The highest BCUT2D eigenvalue weighted by molar-refractivity contribution is 7.11. The molecule has 0 unspecified atom stereocenters. The summed E-state index contributed by atoms with van der Waals surface area (Å²) in [6.07, 6.45) is 4.10. The molecule has 0 aliphatic carbocycles. The number of carbonyl (C=O) groups excluding carboxylic acids is 1. The minimum Gasteiger partial charge on any atom is -0.473 e. The molecule has 3 heteroatoms. The van der Waals surface area contributed by atoms with Crippen LogP contribution in [0.4, 0.5) is 0 Å². The third-order valence-electron chi connectivity index (χ3n) is 1.08. The van der Waals surface area contributed by atoms with Crippen LogP contribution in [0.15, 0.2) is 46.6 Å². The van der Waals surface area contributed by atoms with E-state index < -0.39 is 0 Å². The van der Waals surface area contributed by atoms with Crippen LogP contribution in [-0.2, 0) is 0 Å². The summed E-state index contributed by atoms with van der Waals surface area (Å²) in [5.41, 5.74) is 0. The summed E-state index contributed by atoms with van der Waals surface area (Å²) in [6.45, 7) is 0. The van der Waals surface area contributed by atoms with Gasteiger partial charge in [0, 0.05) is 0 Å². The molecule has 0 aliphatic heterocycles. The third kappa shape index (κ3) is 3.16. The van der Waals surface area contributed by atoms with Crippen molar-refractivity contribution >= 4 is 17.6 Å². The van der Waals surface area contributed by atoms with Gasteiger partial charge in [-0.2, -0.15) is 0 Å². The maximum Gasteiger partial charge on any atom is 0.159 e. The molecule has 0 amide bonds. The molecular weight excluding hydrogens is 172 g/mol. The second-order valence-electron chi connectivity index (χ2n) is 1.93. The van der Waals surface area contributed by atoms with Crippen molar-refractivity contribution < 1.29 is 9.21 Å². The molecule has 0 saturated carbocycles. The van der Waals surface area contributed by atoms with Crippen LogP contribution in [0.5, 0.6) is 0 Å². The number of thiophene rings is 1. The Morgan fingerprint density at radius 1 is 1.25 bits per heavy atom. The zero-order valence-electron chi connectivity index (χ0n) is 6.34. The topological polar surface area (TPSA) is 30.2 Å². The predicted octanol–water partition coefficient (Wildman–Crippen LogP) is 2.84. The summed E-state index contributed by atoms with van der Waals surface area (Å²) >= 11 is 1.45. The highest BCUT2D eigenvalue weighted by Gasteiger charge is 1.82. The molecule has 0 aliphatic rings. The van der Waals surface area contributed by atoms with E-state index in [1.807, 2.05) is 23.6 Å². The molecule has 0 atom stereocenters. The Hall–Kier alpha value is -1.35. The van der Waals surface area contributed by atoms with Crippen molar-refractivity contribution in [2.45, 2.75) is 0 Å². The first kappa shape index (κ1) is 8.74. The van der Waals surface area contributed by atoms with E-state index in [1.165, 1.54) is 11.3 Å². The molecule has 0 fully saturated rings. The molecule has 0 spiro atoms. The highest BCUT2D eigenvalue weighted by atomic mass is 32.1. The zero-order chi connectivity index (χ0) is 8.65. The maximum absolute atomic E-state index is 9.88. The highest BCUT2D eigenvalue weighted by Crippen LogP contribution is 2.03. The van der Waals surface area contributed by atoms with Gasteiger partial charge in [0.2, 0.25) is 0 Å². The Morgan fingerprint density at radius 3 is 2.25 bits per heavy atom. The van der Waals surface area contributed by atoms with Gasteiger partial charge in [0.1, 0.15) is 0 Å². The monoisotopic (exact) mass is 180 g/mol. The van der Waals surface area contributed by atoms with Crippen LogP contribution >= 0.6 is 11.3 Å². The van der Waals surface area contributed by atoms with Gasteiger partial charge in [0.25, 0.3) is 0 Å². The van der Waals surface area contributed by atoms with Crippen molar-refractivity contribution in [1.29, 1.82) is 0 Å². The van der Waals surface area contributed by atoms with Gasteiger partial charge in [-0.3, -0.25) is 4.79 Å². The minimum absolute atomic E-state index is 0.792. The summed E-state index contributed by atoms with van der Waals surface area (Å²) in [7, 11) is 0. The maximum atomic E-state index is 9.88. The Bertz CT molecular complexity index is 267. The molecule has 2 aromatic rings. The van der Waals surface area contributed by atoms with Gasteiger partial charge in [-0.05, 0) is 23.6 Å². The van der Waals surface area contributed by atoms with Crippen molar-refractivity contribution in [3.63, 3.8) is 0 Å². The molecule has 2 heterocycles. The van der Waals surface area contributed by atoms with Gasteiger partial charge in [0.05, 0.1) is 17.4 Å². The zero-order valence-corrected chi connectivity index (χ0v) is 7.16. The number of rotatable bonds is 1. The fourth-order valence-corrected chi connectivity index (χ4v) is 1.11. The van der Waals surface area contributed by atoms with E-state index in [0.29, 0.717) is 0 Å². The van der Waals surface area contributed by atoms with E-state index in [-0.39, 0.29) is 0 Å². The number of hydrogen-bond acceptors (Lipinski definition) is 3. The normalized spacial score (nSPS) is 8.33. The second-order valence-corrected chi connectivity index (χ2v) is 2.91. The number of hydrogen-bond donors (Lipinski definition) is 0. The van der Waals surface area contributed by atoms with E-state index in [2.05, 4.69) is 4.42 Å². The van der Waals surface area contributed by atoms with E-state index in [1.54, 1.807) is 18.6 Å². The van der Waals surface area contributed by atoms with Crippen LogP contribution in [0, 0.1) is 0 Å². The average molecular weight is 180 g/mol. The Morgan fingerprint density at radius 2 is 2.00 bits per heavy atom. The largest absolute Gasteiger partial charge is 0.473 e. The standard InChI is InChI=1S/C5H4OS.C4H4O/c6-4-5-2-1-3-7-5;1-2-4-5-3-1/h1-4H;1-4H. The van der Waals surface area contributed by atoms with Crippen LogP contribution in [0.1, 0.15) is 9.67 Å². The second kappa shape index (κ2) is 5.32. The van der Waals surface area contributed by atoms with Crippen molar-refractivity contribution in [3.05, 3.63) is 47.0 Å². The van der Waals surface area contributed by atoms with Gasteiger partial charge in [-0.1, -0.05) is 6.07 Å². The molecule has 0 bridgehead atoms. The van der Waals surface area contributed by atoms with Crippen LogP contribution in [0.25, 0.3) is 0 Å². The lowest BCUT2D eigenvalue weighted by Crippen LogP contribution is -1.61. The molecule has 0 radical (unpaired) electrons. The van der Waals surface area contributed by atoms with Gasteiger partial charge in [-0.15, -0.1) is 11.3 Å². The summed E-state index contributed by atoms with van der Waals surface area (Å²) in [6, 6.07) is 7.31. The van der Waals surface area contributed by atoms with Crippen LogP contribution in [-0.4, -0.2) is 6.29 Å². The number of carbonyl (C=O) groups is 1. The molecular formula is C9H8O2S. The lowest BCUT2D eigenvalue weighted by molar-refractivity contribution is 0.112. The van der Waals surface area contributed by atoms with Gasteiger partial charge in [-0.25, -0.2) is 0 Å². The Kier molecular flexibility index (Phi) is 3.88. The fraction of sp³-hybridized carbons (Fsp3) is 0. The summed E-state index contributed by atoms with van der Waals surface area (Å²) in [5, 5.41) is 1.88. The van der Waals surface area contributed by atoms with Crippen molar-refractivity contribution in [3.8, 4) is 0 Å². The van der Waals surface area contributed by atoms with Crippen molar-refractivity contribution in [1.82, 2.24) is 0 Å². The van der Waals surface area contributed by atoms with E-state index in [0.717, 1.165) is 11.2 Å². The Balaban J connectivity index is 0.000000127. The van der Waals surface area contributed by atoms with E-state index in [9.17, 15) is 4.79 Å². The summed E-state index contributed by atoms with van der Waals surface area (Å²) in [5.74, 6) is 0. The van der Waals surface area contributed by atoms with Gasteiger partial charge >= 0.3 is 0 Å². The van der Waals surface area contributed by atoms with Gasteiger partial charge in [0.15, 0.2) is 6.29 Å². The summed E-state index contributed by atoms with van der Waals surface area (Å²) < 4.78 is 4.58. The lowest BCUT2D eigenvalue weighted by atomic mass is 10.5. The first-order valence-electron chi connectivity index (χ1n) is 3.39. The number of furan rings is 1. The Labute approximate surface area is 74.5 Å². The van der Waals surface area contributed by atoms with Crippen LogP contribution in [0.3, 0.4) is 0 Å². The van der Waals surface area contributed by atoms with E-state index >= 15 is 0 Å².